The molecule has 1 aliphatic heterocycles. The summed E-state index contributed by atoms with van der Waals surface area (Å²) in [5, 5.41) is 0. The molecule has 0 amide bonds. The second-order valence-corrected chi connectivity index (χ2v) is 5.38. The molecule has 3 nitrogen and oxygen atoms in total. The van der Waals surface area contributed by atoms with Gasteiger partial charge >= 0.3 is 0 Å². The van der Waals surface area contributed by atoms with E-state index >= 15 is 0 Å². The zero-order valence-electron chi connectivity index (χ0n) is 12.6. The number of carbonyl (C=O) groups excluding carboxylic acids is 1. The van der Waals surface area contributed by atoms with E-state index in [1.807, 2.05) is 31.2 Å². The molecule has 0 N–H and O–H groups in total. The number of hydrogen-bond acceptors (Lipinski definition) is 3. The van der Waals surface area contributed by atoms with Crippen molar-refractivity contribution in [2.24, 2.45) is 0 Å². The topological polar surface area (TPSA) is 29.5 Å². The molecule has 110 valence electrons. The Morgan fingerprint density at radius 3 is 2.35 bits per heavy atom. The Bertz CT molecular complexity index is 421. The molecule has 0 aromatic heterocycles. The third kappa shape index (κ3) is 3.83. The number of likely N-dealkylation sites (tertiary alicyclic amines) is 1. The fraction of sp³-hybridized carbons (Fsp3) is 0.588. The van der Waals surface area contributed by atoms with Crippen LogP contribution in [-0.4, -0.2) is 30.0 Å². The standard InChI is InChI=1S/C17H25NO2/c1-3-16(19)14-8-10-15(11-9-14)20-17(4-2)18-12-6-5-7-13-18/h8-11,17H,3-7,12-13H2,1-2H3. The number of rotatable bonds is 6. The fourth-order valence-electron chi connectivity index (χ4n) is 2.70. The van der Waals surface area contributed by atoms with Crippen LogP contribution in [0.1, 0.15) is 56.3 Å². The molecule has 2 rings (SSSR count). The molecule has 1 atom stereocenters. The average molecular weight is 275 g/mol. The summed E-state index contributed by atoms with van der Waals surface area (Å²) in [7, 11) is 0. The molecule has 1 saturated heterocycles. The van der Waals surface area contributed by atoms with Gasteiger partial charge in [-0.15, -0.1) is 0 Å². The van der Waals surface area contributed by atoms with E-state index in [0.717, 1.165) is 30.8 Å². The lowest BCUT2D eigenvalue weighted by molar-refractivity contribution is 0.00982. The number of Topliss-reactive ketones (excluding diaryl/α,β-unsaturated/α-hetero) is 1. The molecule has 0 saturated carbocycles. The summed E-state index contributed by atoms with van der Waals surface area (Å²) in [6, 6.07) is 7.55. The Hall–Kier alpha value is -1.35. The van der Waals surface area contributed by atoms with Crippen LogP contribution < -0.4 is 4.74 Å². The third-order valence-corrected chi connectivity index (χ3v) is 3.92. The predicted octanol–water partition coefficient (Wildman–Crippen LogP) is 3.88. The van der Waals surface area contributed by atoms with Crippen molar-refractivity contribution in [2.75, 3.05) is 13.1 Å². The molecular weight excluding hydrogens is 250 g/mol. The number of carbonyl (C=O) groups is 1. The number of nitrogens with zero attached hydrogens (tertiary/aromatic N) is 1. The zero-order chi connectivity index (χ0) is 14.4. The summed E-state index contributed by atoms with van der Waals surface area (Å²) >= 11 is 0. The SMILES string of the molecule is CCC(=O)c1ccc(OC(CC)N2CCCCC2)cc1. The second-order valence-electron chi connectivity index (χ2n) is 5.38. The number of ether oxygens (including phenoxy) is 1. The van der Waals surface area contributed by atoms with Crippen molar-refractivity contribution in [3.8, 4) is 5.75 Å². The minimum Gasteiger partial charge on any atom is -0.475 e. The van der Waals surface area contributed by atoms with Crippen molar-refractivity contribution in [1.29, 1.82) is 0 Å². The number of benzene rings is 1. The van der Waals surface area contributed by atoms with Gasteiger partial charge in [-0.2, -0.15) is 0 Å². The molecule has 1 aliphatic rings. The molecule has 1 unspecified atom stereocenters. The normalized spacial score (nSPS) is 17.7. The average Bonchev–Trinajstić information content (AvgIpc) is 2.53. The van der Waals surface area contributed by atoms with Gasteiger partial charge in [-0.1, -0.05) is 20.3 Å². The van der Waals surface area contributed by atoms with E-state index in [1.165, 1.54) is 19.3 Å². The van der Waals surface area contributed by atoms with E-state index in [0.29, 0.717) is 6.42 Å². The summed E-state index contributed by atoms with van der Waals surface area (Å²) in [5.74, 6) is 1.04. The summed E-state index contributed by atoms with van der Waals surface area (Å²) in [4.78, 5) is 14.0. The van der Waals surface area contributed by atoms with Crippen LogP contribution in [-0.2, 0) is 0 Å². The largest absolute Gasteiger partial charge is 0.475 e. The van der Waals surface area contributed by atoms with Crippen LogP contribution in [0.25, 0.3) is 0 Å². The molecule has 0 bridgehead atoms. The van der Waals surface area contributed by atoms with E-state index in [4.69, 9.17) is 4.74 Å². The molecule has 1 heterocycles. The highest BCUT2D eigenvalue weighted by atomic mass is 16.5. The molecule has 1 fully saturated rings. The maximum absolute atomic E-state index is 11.6. The van der Waals surface area contributed by atoms with Gasteiger partial charge in [0, 0.05) is 25.1 Å². The van der Waals surface area contributed by atoms with Crippen LogP contribution in [0.5, 0.6) is 5.75 Å². The van der Waals surface area contributed by atoms with Gasteiger partial charge in [0.05, 0.1) is 0 Å². The highest BCUT2D eigenvalue weighted by molar-refractivity contribution is 5.95. The zero-order valence-corrected chi connectivity index (χ0v) is 12.6. The van der Waals surface area contributed by atoms with Crippen LogP contribution in [0.2, 0.25) is 0 Å². The van der Waals surface area contributed by atoms with Gasteiger partial charge in [-0.05, 0) is 43.5 Å². The molecule has 0 radical (unpaired) electrons. The minimum atomic E-state index is 0.156. The quantitative estimate of drug-likeness (QED) is 0.738. The predicted molar refractivity (Wildman–Crippen MR) is 81.2 cm³/mol. The van der Waals surface area contributed by atoms with Crippen LogP contribution in [0, 0.1) is 0 Å². The van der Waals surface area contributed by atoms with Gasteiger partial charge in [0.1, 0.15) is 5.75 Å². The Labute approximate surface area is 121 Å². The monoisotopic (exact) mass is 275 g/mol. The molecule has 1 aromatic rings. The van der Waals surface area contributed by atoms with Crippen LogP contribution in [0.15, 0.2) is 24.3 Å². The first-order valence-electron chi connectivity index (χ1n) is 7.78. The Morgan fingerprint density at radius 1 is 1.15 bits per heavy atom. The second kappa shape index (κ2) is 7.44. The van der Waals surface area contributed by atoms with Crippen molar-refractivity contribution < 1.29 is 9.53 Å². The lowest BCUT2D eigenvalue weighted by Gasteiger charge is -2.34. The summed E-state index contributed by atoms with van der Waals surface area (Å²) in [6.07, 6.45) is 5.55. The van der Waals surface area contributed by atoms with Crippen LogP contribution in [0.3, 0.4) is 0 Å². The fourth-order valence-corrected chi connectivity index (χ4v) is 2.70. The molecular formula is C17H25NO2. The van der Waals surface area contributed by atoms with Gasteiger partial charge in [0.15, 0.2) is 12.0 Å². The van der Waals surface area contributed by atoms with E-state index in [1.54, 1.807) is 0 Å². The van der Waals surface area contributed by atoms with Crippen molar-refractivity contribution >= 4 is 5.78 Å². The Morgan fingerprint density at radius 2 is 1.80 bits per heavy atom. The van der Waals surface area contributed by atoms with Gasteiger partial charge in [-0.3, -0.25) is 9.69 Å². The summed E-state index contributed by atoms with van der Waals surface area (Å²) in [6.45, 7) is 6.31. The molecule has 1 aromatic carbocycles. The van der Waals surface area contributed by atoms with Crippen molar-refractivity contribution in [2.45, 2.75) is 52.2 Å². The minimum absolute atomic E-state index is 0.156. The van der Waals surface area contributed by atoms with E-state index in [9.17, 15) is 4.79 Å². The summed E-state index contributed by atoms with van der Waals surface area (Å²) < 4.78 is 6.09. The van der Waals surface area contributed by atoms with E-state index in [2.05, 4.69) is 11.8 Å². The van der Waals surface area contributed by atoms with Crippen molar-refractivity contribution in [1.82, 2.24) is 4.90 Å². The van der Waals surface area contributed by atoms with Gasteiger partial charge < -0.3 is 4.74 Å². The number of piperidine rings is 1. The first kappa shape index (κ1) is 15.0. The maximum atomic E-state index is 11.6. The number of ketones is 1. The van der Waals surface area contributed by atoms with E-state index < -0.39 is 0 Å². The van der Waals surface area contributed by atoms with Gasteiger partial charge in [0.25, 0.3) is 0 Å². The highest BCUT2D eigenvalue weighted by Crippen LogP contribution is 2.20. The van der Waals surface area contributed by atoms with Crippen molar-refractivity contribution in [3.05, 3.63) is 29.8 Å². The van der Waals surface area contributed by atoms with Crippen LogP contribution in [0.4, 0.5) is 0 Å². The lowest BCUT2D eigenvalue weighted by atomic mass is 10.1. The Balaban J connectivity index is 1.98. The van der Waals surface area contributed by atoms with Gasteiger partial charge in [-0.25, -0.2) is 0 Å². The van der Waals surface area contributed by atoms with E-state index in [-0.39, 0.29) is 12.0 Å². The lowest BCUT2D eigenvalue weighted by Crippen LogP contribution is -2.42. The molecule has 3 heteroatoms. The molecule has 0 spiro atoms. The smallest absolute Gasteiger partial charge is 0.162 e. The first-order valence-corrected chi connectivity index (χ1v) is 7.78. The highest BCUT2D eigenvalue weighted by Gasteiger charge is 2.20. The summed E-state index contributed by atoms with van der Waals surface area (Å²) in [5.41, 5.74) is 0.769. The molecule has 20 heavy (non-hydrogen) atoms. The maximum Gasteiger partial charge on any atom is 0.162 e. The Kier molecular flexibility index (Phi) is 5.60. The third-order valence-electron chi connectivity index (χ3n) is 3.92. The number of hydrogen-bond donors (Lipinski definition) is 0. The first-order chi connectivity index (χ1) is 9.74. The molecule has 0 aliphatic carbocycles. The van der Waals surface area contributed by atoms with Crippen molar-refractivity contribution in [3.63, 3.8) is 0 Å². The van der Waals surface area contributed by atoms with Crippen LogP contribution >= 0.6 is 0 Å². The van der Waals surface area contributed by atoms with Gasteiger partial charge in [0.2, 0.25) is 0 Å².